The van der Waals surface area contributed by atoms with Crippen LogP contribution in [0.15, 0.2) is 18.2 Å². The number of nitrogen functional groups attached to an aromatic ring is 1. The summed E-state index contributed by atoms with van der Waals surface area (Å²) in [6.07, 6.45) is 6.43. The number of ether oxygens (including phenoxy) is 1. The van der Waals surface area contributed by atoms with Crippen LogP contribution >= 0.6 is 0 Å². The monoisotopic (exact) mass is 472 g/mol. The summed E-state index contributed by atoms with van der Waals surface area (Å²) in [5.74, 6) is -0.525. The standard InChI is InChI=1S/C21H27N3O4.C5H13N/c1-12-16(20(26)27)18(22)17-14(23-12)9-6-10-15(17)28-11-21(2,3)24-19(25)13-7-4-5-8-13;1-3-4-5(2)6/h6,9-10,13H,4-5,7-8,11H2,1-3H3,(H2,22,23)(H,24,25)(H,26,27);5H,3-4,6H2,1-2H3. The van der Waals surface area contributed by atoms with Gasteiger partial charge < -0.3 is 26.6 Å². The molecule has 6 N–H and O–H groups in total. The van der Waals surface area contributed by atoms with E-state index in [1.54, 1.807) is 25.1 Å². The first-order valence-electron chi connectivity index (χ1n) is 12.1. The molecule has 0 radical (unpaired) electrons. The van der Waals surface area contributed by atoms with E-state index in [-0.39, 0.29) is 29.7 Å². The molecule has 2 aromatic rings. The first kappa shape index (κ1) is 27.4. The number of nitrogens with zero attached hydrogens (tertiary/aromatic N) is 1. The minimum atomic E-state index is -1.12. The Hall–Kier alpha value is -2.87. The van der Waals surface area contributed by atoms with Gasteiger partial charge in [0.05, 0.1) is 27.8 Å². The third-order valence-electron chi connectivity index (χ3n) is 5.93. The molecule has 34 heavy (non-hydrogen) atoms. The zero-order valence-corrected chi connectivity index (χ0v) is 21.1. The Labute approximate surface area is 202 Å². The molecule has 0 aliphatic heterocycles. The Morgan fingerprint density at radius 2 is 1.94 bits per heavy atom. The number of pyridine rings is 1. The van der Waals surface area contributed by atoms with Gasteiger partial charge in [-0.15, -0.1) is 0 Å². The number of nitrogens with two attached hydrogens (primary N) is 2. The molecule has 0 saturated heterocycles. The summed E-state index contributed by atoms with van der Waals surface area (Å²) in [7, 11) is 0. The Morgan fingerprint density at radius 3 is 2.47 bits per heavy atom. The number of carboxylic acids is 1. The minimum absolute atomic E-state index is 0.0163. The quantitative estimate of drug-likeness (QED) is 0.445. The highest BCUT2D eigenvalue weighted by Gasteiger charge is 2.29. The van der Waals surface area contributed by atoms with Crippen LogP contribution in [-0.4, -0.2) is 40.2 Å². The Morgan fingerprint density at radius 1 is 1.29 bits per heavy atom. The Bertz CT molecular complexity index is 998. The number of fused-ring (bicyclic) bond motifs is 1. The van der Waals surface area contributed by atoms with E-state index in [0.717, 1.165) is 32.1 Å². The maximum absolute atomic E-state index is 12.4. The molecular weight excluding hydrogens is 432 g/mol. The lowest BCUT2D eigenvalue weighted by molar-refractivity contribution is -0.126. The van der Waals surface area contributed by atoms with Gasteiger partial charge in [0.2, 0.25) is 5.91 Å². The molecule has 0 bridgehead atoms. The number of carbonyl (C=O) groups is 2. The van der Waals surface area contributed by atoms with E-state index in [9.17, 15) is 14.7 Å². The molecule has 1 amide bonds. The lowest BCUT2D eigenvalue weighted by Crippen LogP contribution is -2.49. The van der Waals surface area contributed by atoms with Crippen molar-refractivity contribution >= 4 is 28.5 Å². The number of anilines is 1. The molecule has 1 aliphatic carbocycles. The second kappa shape index (κ2) is 12.0. The highest BCUT2D eigenvalue weighted by Crippen LogP contribution is 2.34. The van der Waals surface area contributed by atoms with Gasteiger partial charge in [0.15, 0.2) is 0 Å². The van der Waals surface area contributed by atoms with Gasteiger partial charge in [0.25, 0.3) is 0 Å². The number of hydrogen-bond donors (Lipinski definition) is 4. The topological polar surface area (TPSA) is 141 Å². The molecule has 1 unspecified atom stereocenters. The largest absolute Gasteiger partial charge is 0.490 e. The van der Waals surface area contributed by atoms with Crippen LogP contribution in [0.1, 0.15) is 82.3 Å². The normalized spacial score (nSPS) is 14.9. The van der Waals surface area contributed by atoms with E-state index in [1.807, 2.05) is 20.8 Å². The minimum Gasteiger partial charge on any atom is -0.490 e. The van der Waals surface area contributed by atoms with Crippen LogP contribution in [0, 0.1) is 12.8 Å². The number of carboxylic acid groups (broad SMARTS) is 1. The summed E-state index contributed by atoms with van der Waals surface area (Å²) in [6, 6.07) is 5.68. The fourth-order valence-electron chi connectivity index (χ4n) is 4.20. The van der Waals surface area contributed by atoms with Crippen molar-refractivity contribution in [1.29, 1.82) is 0 Å². The highest BCUT2D eigenvalue weighted by molar-refractivity contribution is 6.06. The molecule has 8 heteroatoms. The molecule has 1 atom stereocenters. The average Bonchev–Trinajstić information content (AvgIpc) is 3.27. The van der Waals surface area contributed by atoms with Crippen LogP contribution in [-0.2, 0) is 4.79 Å². The van der Waals surface area contributed by atoms with Crippen molar-refractivity contribution in [2.75, 3.05) is 12.3 Å². The summed E-state index contributed by atoms with van der Waals surface area (Å²) in [5.41, 5.74) is 12.0. The third-order valence-corrected chi connectivity index (χ3v) is 5.93. The number of aromatic carboxylic acids is 1. The van der Waals surface area contributed by atoms with Gasteiger partial charge in [-0.3, -0.25) is 9.78 Å². The number of carbonyl (C=O) groups excluding carboxylic acids is 1. The van der Waals surface area contributed by atoms with Crippen molar-refractivity contribution < 1.29 is 19.4 Å². The predicted molar refractivity (Wildman–Crippen MR) is 136 cm³/mol. The fraction of sp³-hybridized carbons (Fsp3) is 0.577. The van der Waals surface area contributed by atoms with Gasteiger partial charge >= 0.3 is 5.97 Å². The second-order valence-electron chi connectivity index (χ2n) is 9.85. The SMILES string of the molecule is CCCC(C)N.Cc1nc2cccc(OCC(C)(C)NC(=O)C3CCCC3)c2c(N)c1C(=O)O. The lowest BCUT2D eigenvalue weighted by Gasteiger charge is -2.28. The van der Waals surface area contributed by atoms with E-state index < -0.39 is 11.5 Å². The average molecular weight is 473 g/mol. The molecule has 1 heterocycles. The van der Waals surface area contributed by atoms with Crippen molar-refractivity contribution in [2.24, 2.45) is 11.7 Å². The maximum atomic E-state index is 12.4. The molecule has 1 aromatic carbocycles. The van der Waals surface area contributed by atoms with Crippen molar-refractivity contribution in [3.8, 4) is 5.75 Å². The first-order valence-corrected chi connectivity index (χ1v) is 12.1. The summed E-state index contributed by atoms with van der Waals surface area (Å²) in [4.78, 5) is 28.3. The van der Waals surface area contributed by atoms with Crippen molar-refractivity contribution in [1.82, 2.24) is 10.3 Å². The van der Waals surface area contributed by atoms with Crippen LogP contribution in [0.3, 0.4) is 0 Å². The zero-order chi connectivity index (χ0) is 25.5. The number of amides is 1. The van der Waals surface area contributed by atoms with Gasteiger partial charge in [-0.25, -0.2) is 4.79 Å². The van der Waals surface area contributed by atoms with Crippen LogP contribution in [0.2, 0.25) is 0 Å². The van der Waals surface area contributed by atoms with Gasteiger partial charge in [-0.05, 0) is 59.1 Å². The van der Waals surface area contributed by atoms with Gasteiger partial charge in [0.1, 0.15) is 17.9 Å². The number of nitrogens with one attached hydrogen (secondary N) is 1. The van der Waals surface area contributed by atoms with E-state index in [1.165, 1.54) is 6.42 Å². The molecule has 0 spiro atoms. The summed E-state index contributed by atoms with van der Waals surface area (Å²) in [6.45, 7) is 9.82. The van der Waals surface area contributed by atoms with Crippen LogP contribution in [0.25, 0.3) is 10.9 Å². The lowest BCUT2D eigenvalue weighted by atomic mass is 10.0. The zero-order valence-electron chi connectivity index (χ0n) is 21.1. The van der Waals surface area contributed by atoms with Gasteiger partial charge in [-0.1, -0.05) is 32.3 Å². The van der Waals surface area contributed by atoms with Crippen LogP contribution in [0.5, 0.6) is 5.75 Å². The van der Waals surface area contributed by atoms with Crippen LogP contribution < -0.4 is 21.5 Å². The molecular formula is C26H40N4O4. The number of rotatable bonds is 8. The molecule has 8 nitrogen and oxygen atoms in total. The number of aryl methyl sites for hydroxylation is 1. The Kier molecular flexibility index (Phi) is 9.67. The highest BCUT2D eigenvalue weighted by atomic mass is 16.5. The van der Waals surface area contributed by atoms with E-state index >= 15 is 0 Å². The molecule has 1 saturated carbocycles. The number of hydrogen-bond acceptors (Lipinski definition) is 6. The van der Waals surface area contributed by atoms with E-state index in [0.29, 0.717) is 28.4 Å². The maximum Gasteiger partial charge on any atom is 0.339 e. The summed E-state index contributed by atoms with van der Waals surface area (Å²) in [5, 5.41) is 13.0. The summed E-state index contributed by atoms with van der Waals surface area (Å²) < 4.78 is 5.98. The third kappa shape index (κ3) is 7.32. The fourth-order valence-corrected chi connectivity index (χ4v) is 4.20. The number of aromatic nitrogens is 1. The predicted octanol–water partition coefficient (Wildman–Crippen LogP) is 4.42. The number of benzene rings is 1. The van der Waals surface area contributed by atoms with E-state index in [4.69, 9.17) is 16.2 Å². The molecule has 1 aromatic heterocycles. The molecule has 188 valence electrons. The van der Waals surface area contributed by atoms with Crippen molar-refractivity contribution in [3.63, 3.8) is 0 Å². The molecule has 3 rings (SSSR count). The van der Waals surface area contributed by atoms with Crippen LogP contribution in [0.4, 0.5) is 5.69 Å². The van der Waals surface area contributed by atoms with E-state index in [2.05, 4.69) is 17.2 Å². The smallest absolute Gasteiger partial charge is 0.339 e. The molecule has 1 fully saturated rings. The van der Waals surface area contributed by atoms with Crippen molar-refractivity contribution in [2.45, 2.75) is 84.7 Å². The van der Waals surface area contributed by atoms with Crippen molar-refractivity contribution in [3.05, 3.63) is 29.5 Å². The van der Waals surface area contributed by atoms with Gasteiger partial charge in [-0.2, -0.15) is 0 Å². The summed E-state index contributed by atoms with van der Waals surface area (Å²) >= 11 is 0. The first-order chi connectivity index (χ1) is 16.0. The second-order valence-corrected chi connectivity index (χ2v) is 9.85. The van der Waals surface area contributed by atoms with Gasteiger partial charge in [0, 0.05) is 12.0 Å². The molecule has 1 aliphatic rings. The Balaban J connectivity index is 0.000000604.